The lowest BCUT2D eigenvalue weighted by atomic mass is 9.69. The van der Waals surface area contributed by atoms with E-state index in [2.05, 4.69) is 15.9 Å². The summed E-state index contributed by atoms with van der Waals surface area (Å²) in [5.41, 5.74) is 7.95. The number of alkyl halides is 1. The third kappa shape index (κ3) is 31.1. The molecule has 0 aromatic heterocycles. The van der Waals surface area contributed by atoms with Gasteiger partial charge in [0.05, 0.1) is 12.0 Å². The van der Waals surface area contributed by atoms with Crippen LogP contribution in [0.2, 0.25) is 0 Å². The Hall–Kier alpha value is -13.2. The maximum absolute atomic E-state index is 14.2. The Balaban J connectivity index is 1.18. The van der Waals surface area contributed by atoms with E-state index in [1.165, 1.54) is 69.2 Å². The monoisotopic (exact) mass is 1810 g/mol. The van der Waals surface area contributed by atoms with E-state index >= 15 is 0 Å². The van der Waals surface area contributed by atoms with E-state index in [1.807, 2.05) is 135 Å². The smallest absolute Gasteiger partial charge is 0.311 e. The normalized spacial score (nSPS) is 13.6. The number of ether oxygens (including phenoxy) is 11. The van der Waals surface area contributed by atoms with Crippen LogP contribution in [0.3, 0.4) is 0 Å². The third-order valence-electron chi connectivity index (χ3n) is 22.6. The van der Waals surface area contributed by atoms with Gasteiger partial charge in [-0.1, -0.05) is 137 Å². The largest absolute Gasteiger partial charge is 0.466 e. The fourth-order valence-corrected chi connectivity index (χ4v) is 17.9. The van der Waals surface area contributed by atoms with Crippen LogP contribution in [0, 0.1) is 5.41 Å². The van der Waals surface area contributed by atoms with Crippen LogP contribution in [0.1, 0.15) is 268 Å². The van der Waals surface area contributed by atoms with Crippen molar-refractivity contribution in [1.82, 2.24) is 0 Å². The van der Waals surface area contributed by atoms with Gasteiger partial charge >= 0.3 is 65.7 Å². The zero-order valence-corrected chi connectivity index (χ0v) is 76.6. The molecule has 10 unspecified atom stereocenters. The van der Waals surface area contributed by atoms with Crippen molar-refractivity contribution in [3.63, 3.8) is 0 Å². The second-order valence-electron chi connectivity index (χ2n) is 33.3. The Bertz CT molecular complexity index is 5460. The van der Waals surface area contributed by atoms with Gasteiger partial charge in [-0.3, -0.25) is 52.7 Å². The Morgan fingerprint density at radius 3 is 0.496 bits per heavy atom. The van der Waals surface area contributed by atoms with Gasteiger partial charge in [0.1, 0.15) is 57.5 Å². The Morgan fingerprint density at radius 1 is 0.217 bits per heavy atom. The number of hydrogen-bond acceptors (Lipinski definition) is 22. The molecule has 10 aromatic carbocycles. The number of esters is 11. The molecule has 0 aliphatic carbocycles. The second-order valence-corrected chi connectivity index (χ2v) is 34.4. The molecule has 0 bridgehead atoms. The van der Waals surface area contributed by atoms with Crippen LogP contribution in [0.25, 0.3) is 0 Å². The summed E-state index contributed by atoms with van der Waals surface area (Å²) >= 11 is 4.09. The molecule has 0 aliphatic rings. The summed E-state index contributed by atoms with van der Waals surface area (Å²) in [4.78, 5) is 140. The lowest BCUT2D eigenvalue weighted by Crippen LogP contribution is -2.29. The minimum atomic E-state index is -1.02. The van der Waals surface area contributed by atoms with Gasteiger partial charge in [-0.25, -0.2) is 0 Å². The number of halogens is 1. The van der Waals surface area contributed by atoms with Gasteiger partial charge in [-0.15, -0.1) is 0 Å². The molecule has 0 heterocycles. The maximum Gasteiger partial charge on any atom is 0.311 e. The number of carbonyl (C=O) groups is 11. The van der Waals surface area contributed by atoms with Gasteiger partial charge in [0.15, 0.2) is 0 Å². The first-order valence-corrected chi connectivity index (χ1v) is 44.1. The molecule has 10 rings (SSSR count). The number of hydrogen-bond donors (Lipinski definition) is 0. The Morgan fingerprint density at radius 2 is 0.349 bits per heavy atom. The summed E-state index contributed by atoms with van der Waals surface area (Å²) in [6.45, 7) is 19.0. The summed E-state index contributed by atoms with van der Waals surface area (Å²) in [7, 11) is 0. The minimum absolute atomic E-state index is 0.159. The fourth-order valence-electron chi connectivity index (χ4n) is 17.1. The van der Waals surface area contributed by atoms with Gasteiger partial charge in [0.25, 0.3) is 0 Å². The standard InChI is InChI=1S/C106H111BrO22/c1-14-119-105(118)106(12,13)64-93(83-31-51-102(52-32-83)128-73(10)116)62-91(81-27-47-100(48-28-81)126-71(8)114)60-89(79-23-43-98(44-24-79)124-69(6)112)58-87(77-19-39-96(40-20-77)122-67(4)110)56-85(75-15-35-94(36-16-75)120-65(2)108)55-86(76-17-37-95(38-18-76)121-66(3)109)57-88(78-21-41-97(42-22-78)123-68(5)111)59-90(80-25-45-99(46-26-80)125-70(7)113)61-92(82-29-49-101(50-30-82)127-72(9)115)63-104(107)84-33-53-103(54-34-84)129-74(11)117/h15-54,85-93,104H,14,55-64H2,1-13H3. The van der Waals surface area contributed by atoms with Crippen molar-refractivity contribution in [3.8, 4) is 57.5 Å². The molecule has 10 aromatic rings. The predicted octanol–water partition coefficient (Wildman–Crippen LogP) is 22.9. The first-order valence-electron chi connectivity index (χ1n) is 43.2. The van der Waals surface area contributed by atoms with Gasteiger partial charge in [-0.2, -0.15) is 0 Å². The molecule has 0 aliphatic heterocycles. The van der Waals surface area contributed by atoms with Crippen molar-refractivity contribution in [2.45, 2.75) is 212 Å². The van der Waals surface area contributed by atoms with Crippen molar-refractivity contribution in [2.75, 3.05) is 6.61 Å². The van der Waals surface area contributed by atoms with Crippen molar-refractivity contribution >= 4 is 81.6 Å². The highest BCUT2D eigenvalue weighted by Gasteiger charge is 2.38. The molecule has 0 saturated carbocycles. The lowest BCUT2D eigenvalue weighted by molar-refractivity contribution is -0.154. The zero-order chi connectivity index (χ0) is 93.0. The number of rotatable bonds is 42. The quantitative estimate of drug-likeness (QED) is 0.0195. The van der Waals surface area contributed by atoms with E-state index in [0.717, 1.165) is 55.6 Å². The van der Waals surface area contributed by atoms with Crippen molar-refractivity contribution < 1.29 is 105 Å². The summed E-state index contributed by atoms with van der Waals surface area (Å²) in [5.74, 6) is -5.14. The molecule has 674 valence electrons. The van der Waals surface area contributed by atoms with Crippen LogP contribution < -0.4 is 47.4 Å². The van der Waals surface area contributed by atoms with Crippen LogP contribution in [0.15, 0.2) is 243 Å². The van der Waals surface area contributed by atoms with Crippen LogP contribution >= 0.6 is 15.9 Å². The summed E-state index contributed by atoms with van der Waals surface area (Å²) in [6, 6.07) is 74.6. The summed E-state index contributed by atoms with van der Waals surface area (Å²) in [6.07, 6.45) is 4.44. The molecule has 0 amide bonds. The second kappa shape index (κ2) is 47.1. The topological polar surface area (TPSA) is 289 Å². The molecule has 0 N–H and O–H groups in total. The van der Waals surface area contributed by atoms with Gasteiger partial charge in [0.2, 0.25) is 0 Å². The molecule has 22 nitrogen and oxygen atoms in total. The average molecular weight is 1820 g/mol. The molecular weight excluding hydrogens is 1710 g/mol. The van der Waals surface area contributed by atoms with Crippen LogP contribution in [0.4, 0.5) is 0 Å². The number of benzene rings is 10. The highest BCUT2D eigenvalue weighted by atomic mass is 79.9. The first kappa shape index (κ1) is 98.0. The molecular formula is C106H111BrO22. The van der Waals surface area contributed by atoms with E-state index in [1.54, 1.807) is 128 Å². The molecule has 23 heteroatoms. The van der Waals surface area contributed by atoms with E-state index in [9.17, 15) is 52.7 Å². The average Bonchev–Trinajstić information content (AvgIpc) is 0.804. The highest BCUT2D eigenvalue weighted by molar-refractivity contribution is 9.09. The maximum atomic E-state index is 14.2. The van der Waals surface area contributed by atoms with E-state index < -0.39 is 76.9 Å². The van der Waals surface area contributed by atoms with Crippen LogP contribution in [-0.4, -0.2) is 72.3 Å². The molecule has 10 atom stereocenters. The van der Waals surface area contributed by atoms with Gasteiger partial charge in [0, 0.05) is 74.1 Å². The van der Waals surface area contributed by atoms with Crippen molar-refractivity contribution in [3.05, 3.63) is 298 Å². The molecule has 0 saturated heterocycles. The summed E-state index contributed by atoms with van der Waals surface area (Å²) in [5, 5.41) is 0. The van der Waals surface area contributed by atoms with Crippen molar-refractivity contribution in [2.24, 2.45) is 5.41 Å². The fraction of sp³-hybridized carbons (Fsp3) is 0.330. The molecule has 0 fully saturated rings. The third-order valence-corrected chi connectivity index (χ3v) is 23.6. The first-order chi connectivity index (χ1) is 61.5. The van der Waals surface area contributed by atoms with E-state index in [-0.39, 0.29) is 58.8 Å². The van der Waals surface area contributed by atoms with E-state index in [4.69, 9.17) is 52.1 Å². The molecule has 129 heavy (non-hydrogen) atoms. The van der Waals surface area contributed by atoms with Crippen molar-refractivity contribution in [1.29, 1.82) is 0 Å². The molecule has 0 spiro atoms. The lowest BCUT2D eigenvalue weighted by Gasteiger charge is -2.35. The predicted molar refractivity (Wildman–Crippen MR) is 490 cm³/mol. The Kier molecular flexibility index (Phi) is 35.8. The highest BCUT2D eigenvalue weighted by Crippen LogP contribution is 2.52. The zero-order valence-electron chi connectivity index (χ0n) is 75.0. The van der Waals surface area contributed by atoms with Crippen LogP contribution in [-0.2, 0) is 57.5 Å². The van der Waals surface area contributed by atoms with Gasteiger partial charge in [-0.05, 0) is 315 Å². The SMILES string of the molecule is CCOC(=O)C(C)(C)CC(CC(CC(CC(CC(CC(CC(CC(CC(CC(Br)c1ccc(OC(C)=O)cc1)c1ccc(OC(C)=O)cc1)c1ccc(OC(C)=O)cc1)c1ccc(OC(C)=O)cc1)c1ccc(OC(C)=O)cc1)c1ccc(OC(C)=O)cc1)c1ccc(OC(C)=O)cc1)c1ccc(OC(C)=O)cc1)c1ccc(OC(C)=O)cc1)c1ccc(OC(C)=O)cc1. The minimum Gasteiger partial charge on any atom is -0.466 e. The van der Waals surface area contributed by atoms with E-state index in [0.29, 0.717) is 122 Å². The molecule has 0 radical (unpaired) electrons. The Labute approximate surface area is 762 Å². The summed E-state index contributed by atoms with van der Waals surface area (Å²) < 4.78 is 62.3. The van der Waals surface area contributed by atoms with Crippen LogP contribution in [0.5, 0.6) is 57.5 Å². The number of carbonyl (C=O) groups excluding carboxylic acids is 11. The van der Waals surface area contributed by atoms with Gasteiger partial charge < -0.3 is 52.1 Å².